The molecule has 2 aromatic carbocycles. The maximum atomic E-state index is 11.9. The van der Waals surface area contributed by atoms with E-state index in [-0.39, 0.29) is 12.1 Å². The highest BCUT2D eigenvalue weighted by atomic mass is 16.5. The minimum absolute atomic E-state index is 0.0626. The van der Waals surface area contributed by atoms with E-state index in [1.165, 1.54) is 0 Å². The number of benzene rings is 2. The van der Waals surface area contributed by atoms with Crippen LogP contribution in [0.5, 0.6) is 11.5 Å². The van der Waals surface area contributed by atoms with Gasteiger partial charge < -0.3 is 15.2 Å². The number of carbonyl (C=O) groups excluding carboxylic acids is 1. The number of nitrogens with two attached hydrogens (primary N) is 1. The van der Waals surface area contributed by atoms with E-state index in [2.05, 4.69) is 5.32 Å². The summed E-state index contributed by atoms with van der Waals surface area (Å²) in [5, 5.41) is 3.29. The monoisotopic (exact) mass is 342 g/mol. The summed E-state index contributed by atoms with van der Waals surface area (Å²) in [4.78, 5) is 11.9. The lowest BCUT2D eigenvalue weighted by Crippen LogP contribution is -2.35. The molecule has 1 amide bonds. The van der Waals surface area contributed by atoms with Crippen LogP contribution in [0, 0.1) is 0 Å². The van der Waals surface area contributed by atoms with E-state index in [0.717, 1.165) is 11.1 Å². The van der Waals surface area contributed by atoms with Gasteiger partial charge in [-0.2, -0.15) is 0 Å². The van der Waals surface area contributed by atoms with Crippen molar-refractivity contribution < 1.29 is 14.3 Å². The average molecular weight is 342 g/mol. The molecule has 2 atom stereocenters. The molecule has 3 N–H and O–H groups in total. The van der Waals surface area contributed by atoms with Crippen LogP contribution in [-0.4, -0.2) is 19.1 Å². The Bertz CT molecular complexity index is 701. The van der Waals surface area contributed by atoms with Crippen LogP contribution in [0.4, 0.5) is 0 Å². The molecule has 0 fully saturated rings. The SMILES string of the molecule is COc1cc([C@@H](C)N[C@@H](C(N)=O)c2ccccc2)ccc1OC(C)C. The molecule has 0 aliphatic rings. The first-order chi connectivity index (χ1) is 11.9. The summed E-state index contributed by atoms with van der Waals surface area (Å²) in [5.41, 5.74) is 7.41. The largest absolute Gasteiger partial charge is 0.493 e. The molecule has 5 nitrogen and oxygen atoms in total. The molecular formula is C20H26N2O3. The van der Waals surface area contributed by atoms with Crippen molar-refractivity contribution in [2.75, 3.05) is 7.11 Å². The van der Waals surface area contributed by atoms with Gasteiger partial charge in [0.25, 0.3) is 0 Å². The molecule has 0 saturated carbocycles. The normalized spacial score (nSPS) is 13.3. The van der Waals surface area contributed by atoms with E-state index in [0.29, 0.717) is 11.5 Å². The van der Waals surface area contributed by atoms with Crippen molar-refractivity contribution in [2.24, 2.45) is 5.73 Å². The molecule has 25 heavy (non-hydrogen) atoms. The molecule has 2 rings (SSSR count). The lowest BCUT2D eigenvalue weighted by molar-refractivity contribution is -0.120. The van der Waals surface area contributed by atoms with E-state index in [9.17, 15) is 4.79 Å². The van der Waals surface area contributed by atoms with Gasteiger partial charge in [-0.25, -0.2) is 0 Å². The molecule has 0 aliphatic carbocycles. The van der Waals surface area contributed by atoms with Gasteiger partial charge >= 0.3 is 0 Å². The summed E-state index contributed by atoms with van der Waals surface area (Å²) in [6.07, 6.45) is 0.0626. The molecule has 0 radical (unpaired) electrons. The first-order valence-corrected chi connectivity index (χ1v) is 8.37. The molecule has 0 unspecified atom stereocenters. The second-order valence-corrected chi connectivity index (χ2v) is 6.21. The maximum Gasteiger partial charge on any atom is 0.239 e. The van der Waals surface area contributed by atoms with Crippen molar-refractivity contribution in [3.8, 4) is 11.5 Å². The predicted molar refractivity (Wildman–Crippen MR) is 98.7 cm³/mol. The number of methoxy groups -OCH3 is 1. The van der Waals surface area contributed by atoms with E-state index < -0.39 is 11.9 Å². The number of ether oxygens (including phenoxy) is 2. The summed E-state index contributed by atoms with van der Waals surface area (Å²) < 4.78 is 11.2. The molecule has 2 aromatic rings. The Morgan fingerprint density at radius 2 is 1.68 bits per heavy atom. The first-order valence-electron chi connectivity index (χ1n) is 8.37. The Morgan fingerprint density at radius 3 is 2.24 bits per heavy atom. The Morgan fingerprint density at radius 1 is 1.00 bits per heavy atom. The molecule has 0 bridgehead atoms. The maximum absolute atomic E-state index is 11.9. The van der Waals surface area contributed by atoms with Crippen molar-refractivity contribution in [1.82, 2.24) is 5.32 Å². The summed E-state index contributed by atoms with van der Waals surface area (Å²) >= 11 is 0. The van der Waals surface area contributed by atoms with Gasteiger partial charge in [0, 0.05) is 6.04 Å². The van der Waals surface area contributed by atoms with Crippen LogP contribution in [-0.2, 0) is 4.79 Å². The third-order valence-corrected chi connectivity index (χ3v) is 3.88. The van der Waals surface area contributed by atoms with E-state index in [1.807, 2.05) is 69.3 Å². The van der Waals surface area contributed by atoms with Gasteiger partial charge in [0.2, 0.25) is 5.91 Å². The van der Waals surface area contributed by atoms with Gasteiger partial charge in [-0.05, 0) is 44.0 Å². The first kappa shape index (κ1) is 18.8. The number of hydrogen-bond acceptors (Lipinski definition) is 4. The average Bonchev–Trinajstić information content (AvgIpc) is 2.59. The van der Waals surface area contributed by atoms with E-state index in [1.54, 1.807) is 7.11 Å². The number of amides is 1. The van der Waals surface area contributed by atoms with Crippen LogP contribution in [0.25, 0.3) is 0 Å². The van der Waals surface area contributed by atoms with Crippen LogP contribution < -0.4 is 20.5 Å². The number of hydrogen-bond donors (Lipinski definition) is 2. The fourth-order valence-electron chi connectivity index (χ4n) is 2.64. The zero-order valence-electron chi connectivity index (χ0n) is 15.2. The van der Waals surface area contributed by atoms with Gasteiger partial charge in [0.1, 0.15) is 6.04 Å². The second-order valence-electron chi connectivity index (χ2n) is 6.21. The summed E-state index contributed by atoms with van der Waals surface area (Å²) in [5.74, 6) is 0.947. The van der Waals surface area contributed by atoms with Gasteiger partial charge in [0.05, 0.1) is 13.2 Å². The highest BCUT2D eigenvalue weighted by Crippen LogP contribution is 2.31. The van der Waals surface area contributed by atoms with Crippen molar-refractivity contribution in [3.63, 3.8) is 0 Å². The zero-order chi connectivity index (χ0) is 18.4. The standard InChI is InChI=1S/C20H26N2O3/c1-13(2)25-17-11-10-16(12-18(17)24-4)14(3)22-19(20(21)23)15-8-6-5-7-9-15/h5-14,19,22H,1-4H3,(H2,21,23)/t14-,19-/m1/s1. The predicted octanol–water partition coefficient (Wildman–Crippen LogP) is 3.36. The van der Waals surface area contributed by atoms with Crippen molar-refractivity contribution >= 4 is 5.91 Å². The van der Waals surface area contributed by atoms with E-state index in [4.69, 9.17) is 15.2 Å². The number of rotatable bonds is 8. The molecule has 0 spiro atoms. The fourth-order valence-corrected chi connectivity index (χ4v) is 2.64. The van der Waals surface area contributed by atoms with Gasteiger partial charge in [-0.1, -0.05) is 36.4 Å². The number of primary amides is 1. The summed E-state index contributed by atoms with van der Waals surface area (Å²) in [7, 11) is 1.61. The lowest BCUT2D eigenvalue weighted by Gasteiger charge is -2.23. The minimum atomic E-state index is -0.561. The third-order valence-electron chi connectivity index (χ3n) is 3.88. The van der Waals surface area contributed by atoms with Crippen LogP contribution in [0.15, 0.2) is 48.5 Å². The summed E-state index contributed by atoms with van der Waals surface area (Å²) in [6.45, 7) is 5.92. The number of nitrogens with one attached hydrogen (secondary N) is 1. The Hall–Kier alpha value is -2.53. The van der Waals surface area contributed by atoms with Crippen LogP contribution in [0.3, 0.4) is 0 Å². The molecule has 0 aliphatic heterocycles. The van der Waals surface area contributed by atoms with Gasteiger partial charge in [-0.3, -0.25) is 10.1 Å². The molecule has 134 valence electrons. The Kier molecular flexibility index (Phi) is 6.42. The van der Waals surface area contributed by atoms with Gasteiger partial charge in [-0.15, -0.1) is 0 Å². The quantitative estimate of drug-likeness (QED) is 0.771. The fraction of sp³-hybridized carbons (Fsp3) is 0.350. The molecular weight excluding hydrogens is 316 g/mol. The lowest BCUT2D eigenvalue weighted by atomic mass is 10.0. The van der Waals surface area contributed by atoms with Crippen molar-refractivity contribution in [3.05, 3.63) is 59.7 Å². The second kappa shape index (κ2) is 8.53. The molecule has 0 aromatic heterocycles. The van der Waals surface area contributed by atoms with Gasteiger partial charge in [0.15, 0.2) is 11.5 Å². The number of carbonyl (C=O) groups is 1. The van der Waals surface area contributed by atoms with Crippen LogP contribution in [0.1, 0.15) is 44.0 Å². The molecule has 0 saturated heterocycles. The van der Waals surface area contributed by atoms with Crippen LogP contribution >= 0.6 is 0 Å². The van der Waals surface area contributed by atoms with Crippen LogP contribution in [0.2, 0.25) is 0 Å². The highest BCUT2D eigenvalue weighted by molar-refractivity contribution is 5.81. The van der Waals surface area contributed by atoms with Crippen molar-refractivity contribution in [1.29, 1.82) is 0 Å². The van der Waals surface area contributed by atoms with Crippen molar-refractivity contribution in [2.45, 2.75) is 39.0 Å². The molecule has 0 heterocycles. The zero-order valence-corrected chi connectivity index (χ0v) is 15.2. The molecule has 5 heteroatoms. The smallest absolute Gasteiger partial charge is 0.239 e. The van der Waals surface area contributed by atoms with E-state index >= 15 is 0 Å². The third kappa shape index (κ3) is 4.97. The highest BCUT2D eigenvalue weighted by Gasteiger charge is 2.21. The Balaban J connectivity index is 2.21. The Labute approximate surface area is 149 Å². The topological polar surface area (TPSA) is 73.6 Å². The minimum Gasteiger partial charge on any atom is -0.493 e. The summed E-state index contributed by atoms with van der Waals surface area (Å²) in [6, 6.07) is 14.5.